The van der Waals surface area contributed by atoms with E-state index in [0.29, 0.717) is 17.9 Å². The van der Waals surface area contributed by atoms with Gasteiger partial charge in [0.15, 0.2) is 12.2 Å². The van der Waals surface area contributed by atoms with Crippen LogP contribution >= 0.6 is 12.2 Å². The first-order valence-electron chi connectivity index (χ1n) is 14.2. The molecule has 0 heterocycles. The maximum absolute atomic E-state index is 13.5. The summed E-state index contributed by atoms with van der Waals surface area (Å²) in [4.78, 5) is 31.5. The summed E-state index contributed by atoms with van der Waals surface area (Å²) in [5.41, 5.74) is 8.22. The standard InChI is InChI=1S/C34H36FN3O6S/c1-24(26-14-16-29(35)17-15-26)37-32(39)27-18-28(20-30(19-27)38(2)45-44-41-3)33(40)43-23-34(36,21-25-10-6-4-7-11-25)22-42-31-12-8-5-9-13-31/h4-20,24H,21-23,36H2,1-3H3,(H,37,39)/t24-,34?/m1/s1. The number of benzene rings is 4. The number of carbonyl (C=O) groups is 2. The largest absolute Gasteiger partial charge is 0.492 e. The van der Waals surface area contributed by atoms with E-state index < -0.39 is 23.5 Å². The van der Waals surface area contributed by atoms with E-state index in [0.717, 1.165) is 23.4 Å². The number of anilines is 1. The minimum atomic E-state index is -1.06. The first-order valence-corrected chi connectivity index (χ1v) is 14.9. The molecule has 1 amide bonds. The number of ether oxygens (including phenoxy) is 2. The normalized spacial score (nSPS) is 12.9. The van der Waals surface area contributed by atoms with Crippen molar-refractivity contribution in [3.63, 3.8) is 0 Å². The van der Waals surface area contributed by atoms with Crippen LogP contribution in [0.2, 0.25) is 0 Å². The fraction of sp³-hybridized carbons (Fsp3) is 0.235. The monoisotopic (exact) mass is 633 g/mol. The molecular weight excluding hydrogens is 597 g/mol. The number of para-hydroxylation sites is 1. The SMILES string of the molecule is COOSN(C)c1cc(C(=O)N[C@H](C)c2ccc(F)cc2)cc(C(=O)OCC(N)(COc2ccccc2)Cc2ccccc2)c1. The highest BCUT2D eigenvalue weighted by molar-refractivity contribution is 7.95. The lowest BCUT2D eigenvalue weighted by Gasteiger charge is -2.29. The molecule has 0 fully saturated rings. The van der Waals surface area contributed by atoms with E-state index >= 15 is 0 Å². The molecule has 45 heavy (non-hydrogen) atoms. The van der Waals surface area contributed by atoms with Gasteiger partial charge in [-0.25, -0.2) is 14.1 Å². The molecule has 0 aliphatic heterocycles. The van der Waals surface area contributed by atoms with E-state index in [1.54, 1.807) is 42.5 Å². The summed E-state index contributed by atoms with van der Waals surface area (Å²) in [5, 5.41) is 2.89. The molecule has 0 saturated carbocycles. The van der Waals surface area contributed by atoms with Crippen LogP contribution in [-0.4, -0.2) is 44.8 Å². The number of halogens is 1. The van der Waals surface area contributed by atoms with Crippen LogP contribution in [0.3, 0.4) is 0 Å². The van der Waals surface area contributed by atoms with Crippen LogP contribution in [0.4, 0.5) is 10.1 Å². The zero-order valence-corrected chi connectivity index (χ0v) is 26.1. The third kappa shape index (κ3) is 10.0. The van der Waals surface area contributed by atoms with Crippen LogP contribution in [-0.2, 0) is 20.4 Å². The maximum atomic E-state index is 13.5. The van der Waals surface area contributed by atoms with Crippen molar-refractivity contribution in [2.75, 3.05) is 31.7 Å². The lowest BCUT2D eigenvalue weighted by molar-refractivity contribution is -0.160. The number of nitrogens with one attached hydrogen (secondary N) is 1. The summed E-state index contributed by atoms with van der Waals surface area (Å²) >= 11 is 0.861. The molecule has 11 heteroatoms. The van der Waals surface area contributed by atoms with Crippen molar-refractivity contribution in [3.05, 3.63) is 131 Å². The van der Waals surface area contributed by atoms with Crippen molar-refractivity contribution in [2.24, 2.45) is 5.73 Å². The number of amides is 1. The smallest absolute Gasteiger partial charge is 0.338 e. The van der Waals surface area contributed by atoms with Crippen molar-refractivity contribution < 1.29 is 32.7 Å². The van der Waals surface area contributed by atoms with Gasteiger partial charge in [-0.05, 0) is 66.9 Å². The van der Waals surface area contributed by atoms with Gasteiger partial charge in [-0.3, -0.25) is 9.10 Å². The van der Waals surface area contributed by atoms with Crippen LogP contribution < -0.4 is 20.1 Å². The van der Waals surface area contributed by atoms with Crippen LogP contribution in [0, 0.1) is 5.82 Å². The van der Waals surface area contributed by atoms with Gasteiger partial charge >= 0.3 is 5.97 Å². The Morgan fingerprint density at radius 1 is 0.933 bits per heavy atom. The van der Waals surface area contributed by atoms with E-state index in [9.17, 15) is 14.0 Å². The van der Waals surface area contributed by atoms with Crippen LogP contribution in [0.25, 0.3) is 0 Å². The Morgan fingerprint density at radius 2 is 1.58 bits per heavy atom. The quantitative estimate of drug-likeness (QED) is 0.0530. The predicted octanol–water partition coefficient (Wildman–Crippen LogP) is 6.07. The van der Waals surface area contributed by atoms with Crippen molar-refractivity contribution in [1.29, 1.82) is 0 Å². The third-order valence-corrected chi connectivity index (χ3v) is 7.50. The highest BCUT2D eigenvalue weighted by atomic mass is 32.2. The van der Waals surface area contributed by atoms with Crippen molar-refractivity contribution in [3.8, 4) is 5.75 Å². The highest BCUT2D eigenvalue weighted by Gasteiger charge is 2.30. The molecule has 2 atom stereocenters. The highest BCUT2D eigenvalue weighted by Crippen LogP contribution is 2.26. The summed E-state index contributed by atoms with van der Waals surface area (Å²) in [6.07, 6.45) is 0.386. The lowest BCUT2D eigenvalue weighted by Crippen LogP contribution is -2.52. The van der Waals surface area contributed by atoms with Crippen molar-refractivity contribution in [2.45, 2.75) is 24.9 Å². The number of nitrogens with zero attached hydrogens (tertiary/aromatic N) is 1. The summed E-state index contributed by atoms with van der Waals surface area (Å²) in [5.74, 6) is -0.846. The number of esters is 1. The molecule has 0 spiro atoms. The molecule has 3 N–H and O–H groups in total. The van der Waals surface area contributed by atoms with Gasteiger partial charge in [0.25, 0.3) is 5.91 Å². The molecule has 4 aromatic rings. The van der Waals surface area contributed by atoms with E-state index in [1.165, 1.54) is 25.3 Å². The number of hydrogen-bond acceptors (Lipinski definition) is 9. The fourth-order valence-corrected chi connectivity index (χ4v) is 4.80. The zero-order valence-electron chi connectivity index (χ0n) is 25.3. The molecule has 1 unspecified atom stereocenters. The van der Waals surface area contributed by atoms with Crippen LogP contribution in [0.1, 0.15) is 44.8 Å². The van der Waals surface area contributed by atoms with Gasteiger partial charge in [0, 0.05) is 12.6 Å². The first kappa shape index (κ1) is 33.5. The second-order valence-corrected chi connectivity index (χ2v) is 11.4. The van der Waals surface area contributed by atoms with E-state index in [4.69, 9.17) is 19.5 Å². The first-order chi connectivity index (χ1) is 21.7. The van der Waals surface area contributed by atoms with Gasteiger partial charge in [0.05, 0.1) is 29.9 Å². The molecule has 9 nitrogen and oxygen atoms in total. The fourth-order valence-electron chi connectivity index (χ4n) is 4.46. The molecule has 0 aliphatic rings. The van der Waals surface area contributed by atoms with Crippen molar-refractivity contribution >= 4 is 29.8 Å². The number of carbonyl (C=O) groups excluding carboxylic acids is 2. The Morgan fingerprint density at radius 3 is 2.24 bits per heavy atom. The minimum Gasteiger partial charge on any atom is -0.492 e. The van der Waals surface area contributed by atoms with Crippen molar-refractivity contribution in [1.82, 2.24) is 5.32 Å². The number of hydrogen-bond donors (Lipinski definition) is 2. The van der Waals surface area contributed by atoms with Crippen LogP contribution in [0.15, 0.2) is 103 Å². The number of rotatable bonds is 15. The Labute approximate surface area is 266 Å². The summed E-state index contributed by atoms with van der Waals surface area (Å²) in [6, 6.07) is 28.9. The molecule has 0 aromatic heterocycles. The van der Waals surface area contributed by atoms with E-state index in [1.807, 2.05) is 60.7 Å². The average Bonchev–Trinajstić information content (AvgIpc) is 3.06. The molecule has 0 radical (unpaired) electrons. The summed E-state index contributed by atoms with van der Waals surface area (Å²) in [7, 11) is 3.04. The molecular formula is C34H36FN3O6S. The predicted molar refractivity (Wildman–Crippen MR) is 172 cm³/mol. The maximum Gasteiger partial charge on any atom is 0.338 e. The Hall–Kier alpha value is -4.42. The van der Waals surface area contributed by atoms with Gasteiger partial charge in [-0.2, -0.15) is 0 Å². The van der Waals surface area contributed by atoms with Gasteiger partial charge in [0.2, 0.25) is 0 Å². The second-order valence-electron chi connectivity index (χ2n) is 10.5. The Kier molecular flexibility index (Phi) is 11.9. The number of nitrogens with two attached hydrogens (primary N) is 1. The molecule has 0 aliphatic carbocycles. The molecule has 4 rings (SSSR count). The van der Waals surface area contributed by atoms with Gasteiger partial charge in [-0.1, -0.05) is 60.7 Å². The Bertz CT molecular complexity index is 1550. The third-order valence-electron chi connectivity index (χ3n) is 6.87. The zero-order chi connectivity index (χ0) is 32.2. The van der Waals surface area contributed by atoms with Gasteiger partial charge in [-0.15, -0.1) is 4.33 Å². The topological polar surface area (TPSA) is 112 Å². The average molecular weight is 634 g/mol. The van der Waals surface area contributed by atoms with E-state index in [-0.39, 0.29) is 30.2 Å². The molecule has 4 aromatic carbocycles. The molecule has 0 saturated heterocycles. The Balaban J connectivity index is 1.54. The van der Waals surface area contributed by atoms with Gasteiger partial charge < -0.3 is 20.5 Å². The second kappa shape index (κ2) is 16.1. The summed E-state index contributed by atoms with van der Waals surface area (Å²) in [6.45, 7) is 1.71. The van der Waals surface area contributed by atoms with Gasteiger partial charge in [0.1, 0.15) is 24.8 Å². The minimum absolute atomic E-state index is 0.0852. The molecule has 236 valence electrons. The van der Waals surface area contributed by atoms with Crippen LogP contribution in [0.5, 0.6) is 5.75 Å². The molecule has 0 bridgehead atoms. The lowest BCUT2D eigenvalue weighted by atomic mass is 9.93. The summed E-state index contributed by atoms with van der Waals surface area (Å²) < 4.78 is 31.7. The van der Waals surface area contributed by atoms with E-state index in [2.05, 4.69) is 10.2 Å².